The Balaban J connectivity index is 1.51. The molecule has 2 bridgehead atoms. The lowest BCUT2D eigenvalue weighted by Crippen LogP contribution is -2.65. The number of Topliss-reactive ketones (excluding diaryl/α,β-unsaturated/α-hetero) is 1. The third kappa shape index (κ3) is 1.78. The molecule has 1 spiro atoms. The van der Waals surface area contributed by atoms with E-state index in [1.807, 2.05) is 0 Å². The smallest absolute Gasteiger partial charge is 0.306 e. The molecule has 0 radical (unpaired) electrons. The number of carbonyl (C=O) groups is 2. The van der Waals surface area contributed by atoms with E-state index in [0.717, 1.165) is 19.3 Å². The molecule has 11 atom stereocenters. The number of nitriles is 1. The number of hydrogen-bond acceptors (Lipinski definition) is 6. The van der Waals surface area contributed by atoms with E-state index < -0.39 is 28.5 Å². The zero-order valence-corrected chi connectivity index (χ0v) is 17.9. The molecule has 30 heavy (non-hydrogen) atoms. The van der Waals surface area contributed by atoms with E-state index in [2.05, 4.69) is 19.9 Å². The summed E-state index contributed by atoms with van der Waals surface area (Å²) < 4.78 is 6.00. The van der Waals surface area contributed by atoms with E-state index in [4.69, 9.17) is 10.5 Å². The Morgan fingerprint density at radius 1 is 1.13 bits per heavy atom. The zero-order valence-electron chi connectivity index (χ0n) is 17.9. The summed E-state index contributed by atoms with van der Waals surface area (Å²) in [4.78, 5) is 25.1. The van der Waals surface area contributed by atoms with E-state index >= 15 is 0 Å². The Morgan fingerprint density at radius 3 is 2.57 bits per heavy atom. The topological polar surface area (TPSA) is 113 Å². The summed E-state index contributed by atoms with van der Waals surface area (Å²) in [5.74, 6) is 0.145. The van der Waals surface area contributed by atoms with Crippen molar-refractivity contribution in [2.45, 2.75) is 83.0 Å². The van der Waals surface area contributed by atoms with Gasteiger partial charge >= 0.3 is 5.97 Å². The highest BCUT2D eigenvalue weighted by Crippen LogP contribution is 2.77. The maximum atomic E-state index is 13.0. The Labute approximate surface area is 177 Å². The Morgan fingerprint density at radius 2 is 1.90 bits per heavy atom. The molecule has 0 amide bonds. The van der Waals surface area contributed by atoms with Gasteiger partial charge in [-0.3, -0.25) is 9.59 Å². The summed E-state index contributed by atoms with van der Waals surface area (Å²) >= 11 is 0. The molecule has 6 rings (SSSR count). The molecule has 162 valence electrons. The number of aliphatic hydroxyl groups is 1. The molecular weight excluding hydrogens is 380 g/mol. The van der Waals surface area contributed by atoms with Crippen molar-refractivity contribution in [3.8, 4) is 6.07 Å². The molecule has 1 aliphatic heterocycles. The average Bonchev–Trinajstić information content (AvgIpc) is 3.31. The van der Waals surface area contributed by atoms with Crippen LogP contribution in [0.2, 0.25) is 0 Å². The van der Waals surface area contributed by atoms with E-state index in [1.54, 1.807) is 0 Å². The summed E-state index contributed by atoms with van der Waals surface area (Å²) in [7, 11) is 0. The monoisotopic (exact) mass is 412 g/mol. The second-order valence-electron chi connectivity index (χ2n) is 11.8. The second kappa shape index (κ2) is 5.48. The van der Waals surface area contributed by atoms with Gasteiger partial charge in [0.15, 0.2) is 0 Å². The number of nitrogens with two attached hydrogens (primary N) is 1. The van der Waals surface area contributed by atoms with E-state index in [1.165, 1.54) is 0 Å². The van der Waals surface area contributed by atoms with E-state index in [9.17, 15) is 20.0 Å². The summed E-state index contributed by atoms with van der Waals surface area (Å²) in [6.07, 6.45) is 4.85. The van der Waals surface area contributed by atoms with Crippen molar-refractivity contribution in [3.05, 3.63) is 0 Å². The molecule has 1 heterocycles. The average molecular weight is 413 g/mol. The highest BCUT2D eigenvalue weighted by molar-refractivity contribution is 5.85. The number of ether oxygens (including phenoxy) is 1. The van der Waals surface area contributed by atoms with Crippen LogP contribution in [0.25, 0.3) is 0 Å². The van der Waals surface area contributed by atoms with Crippen LogP contribution in [0, 0.1) is 57.2 Å². The molecule has 3 N–H and O–H groups in total. The maximum absolute atomic E-state index is 13.0. The standard InChI is InChI=1S/C24H32N2O4/c1-21-6-4-14(27)19-20(26)12(9-23(19,21)11-25)17-13-3-7-24(8-5-16(29)30-24)22(13,2)10-15(28)18(17)21/h12-13,15,17-20,28H,3-10,26H2,1-2H3/t12-,13?,15-,17?,18?,19?,20?,21?,22?,23+,24-/m1/s1. The molecule has 5 saturated carbocycles. The first-order valence-corrected chi connectivity index (χ1v) is 11.7. The normalized spacial score (nSPS) is 60.8. The van der Waals surface area contributed by atoms with Crippen molar-refractivity contribution in [1.82, 2.24) is 0 Å². The Hall–Kier alpha value is -1.45. The van der Waals surface area contributed by atoms with Crippen LogP contribution in [-0.2, 0) is 14.3 Å². The van der Waals surface area contributed by atoms with E-state index in [0.29, 0.717) is 38.0 Å². The fourth-order valence-electron chi connectivity index (χ4n) is 10.1. The Kier molecular flexibility index (Phi) is 3.51. The highest BCUT2D eigenvalue weighted by Gasteiger charge is 2.78. The number of aliphatic hydroxyl groups excluding tert-OH is 1. The van der Waals surface area contributed by atoms with Crippen LogP contribution in [-0.4, -0.2) is 34.6 Å². The first kappa shape index (κ1) is 19.3. The highest BCUT2D eigenvalue weighted by atomic mass is 16.6. The van der Waals surface area contributed by atoms with Gasteiger partial charge in [-0.2, -0.15) is 5.26 Å². The van der Waals surface area contributed by atoms with Gasteiger partial charge in [0, 0.05) is 24.3 Å². The molecule has 6 aliphatic rings. The van der Waals surface area contributed by atoms with Gasteiger partial charge < -0.3 is 15.6 Å². The molecule has 6 heteroatoms. The third-order valence-corrected chi connectivity index (χ3v) is 11.3. The molecule has 7 unspecified atom stereocenters. The summed E-state index contributed by atoms with van der Waals surface area (Å²) in [6.45, 7) is 4.38. The number of hydrogen-bond donors (Lipinski definition) is 2. The zero-order chi connectivity index (χ0) is 21.3. The van der Waals surface area contributed by atoms with Gasteiger partial charge in [0.1, 0.15) is 11.4 Å². The van der Waals surface area contributed by atoms with Gasteiger partial charge in [0.05, 0.1) is 23.5 Å². The lowest BCUT2D eigenvalue weighted by Gasteiger charge is -2.64. The number of rotatable bonds is 0. The van der Waals surface area contributed by atoms with Crippen LogP contribution >= 0.6 is 0 Å². The molecule has 6 fully saturated rings. The summed E-state index contributed by atoms with van der Waals surface area (Å²) in [5, 5.41) is 22.0. The van der Waals surface area contributed by atoms with Gasteiger partial charge in [-0.25, -0.2) is 0 Å². The first-order valence-electron chi connectivity index (χ1n) is 11.7. The number of ketones is 1. The van der Waals surface area contributed by atoms with Crippen LogP contribution in [0.4, 0.5) is 0 Å². The quantitative estimate of drug-likeness (QED) is 0.590. The SMILES string of the molecule is CC12C[C@@H](O)C3C(C1CC[C@@]21CCC(=O)O1)[C@H]1C[C@]2(C#N)C(C(=O)CCC32C)C1N. The molecular formula is C24H32N2O4. The van der Waals surface area contributed by atoms with Gasteiger partial charge in [0.25, 0.3) is 0 Å². The number of esters is 1. The predicted octanol–water partition coefficient (Wildman–Crippen LogP) is 2.33. The number of nitrogens with zero attached hydrogens (tertiary/aromatic N) is 1. The molecule has 0 aromatic carbocycles. The lowest BCUT2D eigenvalue weighted by molar-refractivity contribution is -0.214. The van der Waals surface area contributed by atoms with Crippen LogP contribution in [0.3, 0.4) is 0 Å². The van der Waals surface area contributed by atoms with Crippen molar-refractivity contribution < 1.29 is 19.4 Å². The molecule has 5 aliphatic carbocycles. The maximum Gasteiger partial charge on any atom is 0.306 e. The van der Waals surface area contributed by atoms with Crippen molar-refractivity contribution in [3.63, 3.8) is 0 Å². The number of fused-ring (bicyclic) bond motifs is 7. The van der Waals surface area contributed by atoms with Gasteiger partial charge in [-0.15, -0.1) is 0 Å². The van der Waals surface area contributed by atoms with Crippen LogP contribution in [0.1, 0.15) is 65.2 Å². The molecule has 0 aromatic rings. The molecule has 1 saturated heterocycles. The summed E-state index contributed by atoms with van der Waals surface area (Å²) in [6, 6.07) is 2.29. The largest absolute Gasteiger partial charge is 0.458 e. The van der Waals surface area contributed by atoms with Crippen molar-refractivity contribution in [2.75, 3.05) is 0 Å². The van der Waals surface area contributed by atoms with Crippen molar-refractivity contribution in [2.24, 2.45) is 51.6 Å². The van der Waals surface area contributed by atoms with Gasteiger partial charge in [-0.1, -0.05) is 13.8 Å². The predicted molar refractivity (Wildman–Crippen MR) is 106 cm³/mol. The fourth-order valence-corrected chi connectivity index (χ4v) is 10.1. The van der Waals surface area contributed by atoms with Crippen molar-refractivity contribution in [1.29, 1.82) is 5.26 Å². The van der Waals surface area contributed by atoms with Crippen LogP contribution in [0.15, 0.2) is 0 Å². The minimum Gasteiger partial charge on any atom is -0.458 e. The lowest BCUT2D eigenvalue weighted by atomic mass is 9.39. The molecule has 6 nitrogen and oxygen atoms in total. The minimum atomic E-state index is -0.752. The Bertz CT molecular complexity index is 898. The van der Waals surface area contributed by atoms with E-state index in [-0.39, 0.29) is 41.0 Å². The number of carbonyl (C=O) groups excluding carboxylic acids is 2. The van der Waals surface area contributed by atoms with Gasteiger partial charge in [-0.05, 0) is 67.6 Å². The van der Waals surface area contributed by atoms with Gasteiger partial charge in [0.2, 0.25) is 0 Å². The second-order valence-corrected chi connectivity index (χ2v) is 11.8. The minimum absolute atomic E-state index is 0.0228. The molecule has 0 aromatic heterocycles. The fraction of sp³-hybridized carbons (Fsp3) is 0.875. The van der Waals surface area contributed by atoms with Crippen LogP contribution < -0.4 is 5.73 Å². The van der Waals surface area contributed by atoms with Crippen molar-refractivity contribution >= 4 is 11.8 Å². The van der Waals surface area contributed by atoms with Crippen LogP contribution in [0.5, 0.6) is 0 Å². The summed E-state index contributed by atoms with van der Waals surface area (Å²) in [5.41, 5.74) is 4.88. The third-order valence-electron chi connectivity index (χ3n) is 11.3. The first-order chi connectivity index (χ1) is 14.1.